The molecular weight excluding hydrogens is 512 g/mol. The number of hydrogen-bond acceptors (Lipinski definition) is 9. The van der Waals surface area contributed by atoms with Crippen molar-refractivity contribution >= 4 is 28.7 Å². The zero-order valence-electron chi connectivity index (χ0n) is 21.9. The molecule has 2 aliphatic rings. The fourth-order valence-corrected chi connectivity index (χ4v) is 6.45. The molecule has 0 saturated heterocycles. The van der Waals surface area contributed by atoms with Crippen molar-refractivity contribution in [1.29, 1.82) is 0 Å². The Labute approximate surface area is 231 Å². The third-order valence-electron chi connectivity index (χ3n) is 7.88. The van der Waals surface area contributed by atoms with E-state index in [1.165, 1.54) is 16.7 Å². The van der Waals surface area contributed by atoms with Gasteiger partial charge in [0.2, 0.25) is 0 Å². The first-order chi connectivity index (χ1) is 19.1. The molecule has 204 valence electrons. The lowest BCUT2D eigenvalue weighted by Gasteiger charge is -2.17. The number of anilines is 1. The van der Waals surface area contributed by atoms with Crippen molar-refractivity contribution in [1.82, 2.24) is 25.0 Å². The molecule has 6 atom stereocenters. The van der Waals surface area contributed by atoms with Crippen LogP contribution in [-0.4, -0.2) is 70.9 Å². The predicted octanol–water partition coefficient (Wildman–Crippen LogP) is 4.02. The summed E-state index contributed by atoms with van der Waals surface area (Å²) in [5.74, 6) is 1.67. The van der Waals surface area contributed by atoms with Crippen molar-refractivity contribution in [3.63, 3.8) is 0 Å². The van der Waals surface area contributed by atoms with Gasteiger partial charge in [-0.3, -0.25) is 0 Å². The van der Waals surface area contributed by atoms with Gasteiger partial charge in [0.25, 0.3) is 0 Å². The highest BCUT2D eigenvalue weighted by Gasteiger charge is 2.44. The van der Waals surface area contributed by atoms with Gasteiger partial charge < -0.3 is 20.6 Å². The normalized spacial score (nSPS) is 26.3. The van der Waals surface area contributed by atoms with Gasteiger partial charge in [0.05, 0.1) is 12.1 Å². The molecule has 4 N–H and O–H groups in total. The van der Waals surface area contributed by atoms with E-state index in [9.17, 15) is 15.3 Å². The Morgan fingerprint density at radius 3 is 2.59 bits per heavy atom. The number of benzene rings is 2. The maximum absolute atomic E-state index is 10.8. The van der Waals surface area contributed by atoms with Crippen molar-refractivity contribution in [2.75, 3.05) is 17.7 Å². The van der Waals surface area contributed by atoms with Crippen LogP contribution in [0.4, 0.5) is 5.82 Å². The Hall–Kier alpha value is -3.05. The number of aliphatic hydroxyl groups excluding tert-OH is 3. The molecular formula is C29H34N6O3S. The maximum Gasteiger partial charge on any atom is 0.191 e. The van der Waals surface area contributed by atoms with E-state index in [0.717, 1.165) is 18.6 Å². The van der Waals surface area contributed by atoms with Gasteiger partial charge in [-0.05, 0) is 48.3 Å². The van der Waals surface area contributed by atoms with E-state index in [1.54, 1.807) is 16.4 Å². The summed E-state index contributed by atoms with van der Waals surface area (Å²) in [7, 11) is 0. The van der Waals surface area contributed by atoms with Crippen molar-refractivity contribution < 1.29 is 15.3 Å². The van der Waals surface area contributed by atoms with Gasteiger partial charge in [0.15, 0.2) is 22.1 Å². The molecule has 2 aromatic carbocycles. The molecule has 0 radical (unpaired) electrons. The molecule has 2 aliphatic carbocycles. The molecule has 0 bridgehead atoms. The molecule has 4 aromatic rings. The summed E-state index contributed by atoms with van der Waals surface area (Å²) in [6.45, 7) is 2.08. The highest BCUT2D eigenvalue weighted by molar-refractivity contribution is 7.99. The second-order valence-corrected chi connectivity index (χ2v) is 11.6. The molecule has 0 aliphatic heterocycles. The molecule has 0 amide bonds. The minimum atomic E-state index is -1.01. The van der Waals surface area contributed by atoms with Gasteiger partial charge in [0, 0.05) is 24.3 Å². The number of aliphatic hydroxyl groups is 3. The third-order valence-corrected chi connectivity index (χ3v) is 8.93. The van der Waals surface area contributed by atoms with E-state index in [2.05, 4.69) is 71.1 Å². The first-order valence-corrected chi connectivity index (χ1v) is 14.7. The molecule has 2 saturated carbocycles. The lowest BCUT2D eigenvalue weighted by molar-refractivity contribution is 0.00107. The van der Waals surface area contributed by atoms with Crippen LogP contribution in [-0.2, 0) is 0 Å². The molecule has 9 nitrogen and oxygen atoms in total. The first kappa shape index (κ1) is 26.2. The van der Waals surface area contributed by atoms with Crippen LogP contribution in [0.15, 0.2) is 59.8 Å². The quantitative estimate of drug-likeness (QED) is 0.172. The van der Waals surface area contributed by atoms with Crippen LogP contribution in [0.2, 0.25) is 0 Å². The zero-order chi connectivity index (χ0) is 26.9. The number of aromatic nitrogens is 5. The Morgan fingerprint density at radius 1 is 1.00 bits per heavy atom. The van der Waals surface area contributed by atoms with E-state index in [1.807, 2.05) is 6.07 Å². The lowest BCUT2D eigenvalue weighted by atomic mass is 9.96. The first-order valence-electron chi connectivity index (χ1n) is 13.7. The van der Waals surface area contributed by atoms with E-state index in [0.29, 0.717) is 40.9 Å². The van der Waals surface area contributed by atoms with E-state index in [4.69, 9.17) is 9.97 Å². The Kier molecular flexibility index (Phi) is 7.53. The lowest BCUT2D eigenvalue weighted by Crippen LogP contribution is -2.30. The monoisotopic (exact) mass is 546 g/mol. The Bertz CT molecular complexity index is 1430. The summed E-state index contributed by atoms with van der Waals surface area (Å²) in [4.78, 5) is 9.60. The van der Waals surface area contributed by atoms with Crippen LogP contribution in [0.3, 0.4) is 0 Å². The van der Waals surface area contributed by atoms with Gasteiger partial charge in [-0.2, -0.15) is 0 Å². The van der Waals surface area contributed by atoms with E-state index in [-0.39, 0.29) is 18.6 Å². The third kappa shape index (κ3) is 5.14. The number of hydrogen-bond donors (Lipinski definition) is 4. The summed E-state index contributed by atoms with van der Waals surface area (Å²) >= 11 is 1.58. The molecule has 2 aromatic heterocycles. The molecule has 2 heterocycles. The average molecular weight is 547 g/mol. The van der Waals surface area contributed by atoms with Gasteiger partial charge in [-0.1, -0.05) is 78.5 Å². The second-order valence-electron chi connectivity index (χ2n) is 10.5. The standard InChI is InChI=1S/C29H34N6O3S/c1-2-14-39-29-31-27(24-28(32-29)35(34-33-24)23-15-18(12-13-36)25(37)26(23)38)30-22-16-21(22)20-11-7-6-10-19(20)17-8-4-3-5-9-17/h3-11,18,21-23,25-26,36-38H,2,12-16H2,1H3,(H,30,31,32)/t18-,21?,22?,23+,25+,26-/m0/s1. The summed E-state index contributed by atoms with van der Waals surface area (Å²) < 4.78 is 1.64. The summed E-state index contributed by atoms with van der Waals surface area (Å²) in [6, 6.07) is 18.8. The van der Waals surface area contributed by atoms with Gasteiger partial charge in [-0.25, -0.2) is 14.6 Å². The summed E-state index contributed by atoms with van der Waals surface area (Å²) in [5.41, 5.74) is 4.88. The molecule has 10 heteroatoms. The van der Waals surface area contributed by atoms with Crippen molar-refractivity contribution in [2.45, 2.75) is 68.0 Å². The number of nitrogens with one attached hydrogen (secondary N) is 1. The van der Waals surface area contributed by atoms with Crippen LogP contribution in [0.5, 0.6) is 0 Å². The van der Waals surface area contributed by atoms with Crippen molar-refractivity contribution in [2.24, 2.45) is 5.92 Å². The van der Waals surface area contributed by atoms with Gasteiger partial charge in [0.1, 0.15) is 6.10 Å². The number of nitrogens with zero attached hydrogens (tertiary/aromatic N) is 5. The zero-order valence-corrected chi connectivity index (χ0v) is 22.7. The SMILES string of the molecule is CCCSc1nc(NC2CC2c2ccccc2-c2ccccc2)c2nnn([C@@H]3C[C@H](CCO)[C@@H](O)[C@H]3O)c2n1. The topological polar surface area (TPSA) is 129 Å². The number of rotatable bonds is 10. The van der Waals surface area contributed by atoms with Crippen LogP contribution < -0.4 is 5.32 Å². The summed E-state index contributed by atoms with van der Waals surface area (Å²) in [6.07, 6.45) is 0.959. The van der Waals surface area contributed by atoms with Crippen LogP contribution in [0.1, 0.15) is 50.1 Å². The highest BCUT2D eigenvalue weighted by Crippen LogP contribution is 2.47. The van der Waals surface area contributed by atoms with Crippen molar-refractivity contribution in [3.05, 3.63) is 60.2 Å². The maximum atomic E-state index is 10.8. The predicted molar refractivity (Wildman–Crippen MR) is 152 cm³/mol. The largest absolute Gasteiger partial charge is 0.396 e. The minimum Gasteiger partial charge on any atom is -0.396 e. The minimum absolute atomic E-state index is 0.0384. The smallest absolute Gasteiger partial charge is 0.191 e. The number of thioether (sulfide) groups is 1. The summed E-state index contributed by atoms with van der Waals surface area (Å²) in [5, 5.41) is 43.8. The molecule has 6 rings (SSSR count). The van der Waals surface area contributed by atoms with Gasteiger partial charge >= 0.3 is 0 Å². The number of fused-ring (bicyclic) bond motifs is 1. The van der Waals surface area contributed by atoms with Crippen LogP contribution in [0.25, 0.3) is 22.3 Å². The molecule has 0 spiro atoms. The van der Waals surface area contributed by atoms with Crippen LogP contribution in [0, 0.1) is 5.92 Å². The van der Waals surface area contributed by atoms with Crippen LogP contribution >= 0.6 is 11.8 Å². The second kappa shape index (κ2) is 11.2. The fourth-order valence-electron chi connectivity index (χ4n) is 5.76. The van der Waals surface area contributed by atoms with E-state index < -0.39 is 18.2 Å². The Balaban J connectivity index is 1.30. The average Bonchev–Trinajstić information content (AvgIpc) is 3.51. The van der Waals surface area contributed by atoms with E-state index >= 15 is 0 Å². The molecule has 2 fully saturated rings. The van der Waals surface area contributed by atoms with Crippen molar-refractivity contribution in [3.8, 4) is 11.1 Å². The Morgan fingerprint density at radius 2 is 1.79 bits per heavy atom. The molecule has 39 heavy (non-hydrogen) atoms. The van der Waals surface area contributed by atoms with Gasteiger partial charge in [-0.15, -0.1) is 5.10 Å². The fraction of sp³-hybridized carbons (Fsp3) is 0.448. The molecule has 2 unspecified atom stereocenters. The highest BCUT2D eigenvalue weighted by atomic mass is 32.2.